The SMILES string of the molecule is COC(=O)CN(CCn1cccn1)C(C)C. The van der Waals surface area contributed by atoms with Crippen LogP contribution in [0.15, 0.2) is 18.5 Å². The number of hydrogen-bond donors (Lipinski definition) is 0. The zero-order valence-electron chi connectivity index (χ0n) is 10.1. The van der Waals surface area contributed by atoms with Crippen molar-refractivity contribution in [2.45, 2.75) is 26.4 Å². The number of aromatic nitrogens is 2. The van der Waals surface area contributed by atoms with Gasteiger partial charge in [-0.15, -0.1) is 0 Å². The van der Waals surface area contributed by atoms with Gasteiger partial charge in [0, 0.05) is 25.0 Å². The van der Waals surface area contributed by atoms with Crippen LogP contribution in [0.2, 0.25) is 0 Å². The molecule has 0 aromatic carbocycles. The Bertz CT molecular complexity index is 309. The fourth-order valence-electron chi connectivity index (χ4n) is 1.41. The summed E-state index contributed by atoms with van der Waals surface area (Å²) >= 11 is 0. The molecule has 0 bridgehead atoms. The molecule has 0 atom stereocenters. The van der Waals surface area contributed by atoms with E-state index in [0.29, 0.717) is 12.6 Å². The van der Waals surface area contributed by atoms with Crippen molar-refractivity contribution >= 4 is 5.97 Å². The minimum absolute atomic E-state index is 0.200. The number of carbonyl (C=O) groups excluding carboxylic acids is 1. The molecule has 0 aliphatic rings. The zero-order chi connectivity index (χ0) is 12.0. The number of ether oxygens (including phenoxy) is 1. The summed E-state index contributed by atoms with van der Waals surface area (Å²) in [6.45, 7) is 6.02. The largest absolute Gasteiger partial charge is 0.468 e. The summed E-state index contributed by atoms with van der Waals surface area (Å²) in [6, 6.07) is 2.20. The molecule has 16 heavy (non-hydrogen) atoms. The van der Waals surface area contributed by atoms with E-state index in [1.54, 1.807) is 6.20 Å². The molecular weight excluding hydrogens is 206 g/mol. The summed E-state index contributed by atoms with van der Waals surface area (Å²) < 4.78 is 6.52. The number of esters is 1. The van der Waals surface area contributed by atoms with Crippen LogP contribution in [0.5, 0.6) is 0 Å². The lowest BCUT2D eigenvalue weighted by molar-refractivity contribution is -0.142. The van der Waals surface area contributed by atoms with Gasteiger partial charge in [0.1, 0.15) is 0 Å². The van der Waals surface area contributed by atoms with Crippen molar-refractivity contribution in [1.82, 2.24) is 14.7 Å². The van der Waals surface area contributed by atoms with Crippen LogP contribution in [0.4, 0.5) is 0 Å². The van der Waals surface area contributed by atoms with E-state index in [1.165, 1.54) is 7.11 Å². The van der Waals surface area contributed by atoms with Gasteiger partial charge in [-0.3, -0.25) is 14.4 Å². The van der Waals surface area contributed by atoms with Crippen LogP contribution in [-0.2, 0) is 16.1 Å². The Hall–Kier alpha value is -1.36. The Morgan fingerprint density at radius 1 is 1.56 bits per heavy atom. The predicted molar refractivity (Wildman–Crippen MR) is 61.0 cm³/mol. The number of methoxy groups -OCH3 is 1. The van der Waals surface area contributed by atoms with Gasteiger partial charge in [0.05, 0.1) is 20.2 Å². The molecule has 1 rings (SSSR count). The summed E-state index contributed by atoms with van der Waals surface area (Å²) in [5, 5.41) is 4.12. The molecule has 0 saturated carbocycles. The van der Waals surface area contributed by atoms with Gasteiger partial charge in [-0.25, -0.2) is 0 Å². The minimum Gasteiger partial charge on any atom is -0.468 e. The third kappa shape index (κ3) is 4.02. The van der Waals surface area contributed by atoms with Crippen molar-refractivity contribution in [2.24, 2.45) is 0 Å². The molecule has 90 valence electrons. The Morgan fingerprint density at radius 2 is 2.31 bits per heavy atom. The Morgan fingerprint density at radius 3 is 2.81 bits per heavy atom. The topological polar surface area (TPSA) is 47.4 Å². The molecule has 0 radical (unpaired) electrons. The van der Waals surface area contributed by atoms with Crippen molar-refractivity contribution in [3.05, 3.63) is 18.5 Å². The first-order chi connectivity index (χ1) is 7.63. The van der Waals surface area contributed by atoms with E-state index >= 15 is 0 Å². The van der Waals surface area contributed by atoms with Crippen molar-refractivity contribution < 1.29 is 9.53 Å². The maximum Gasteiger partial charge on any atom is 0.319 e. The van der Waals surface area contributed by atoms with Crippen LogP contribution in [-0.4, -0.2) is 46.9 Å². The fourth-order valence-corrected chi connectivity index (χ4v) is 1.41. The summed E-state index contributed by atoms with van der Waals surface area (Å²) in [4.78, 5) is 13.3. The predicted octanol–water partition coefficient (Wildman–Crippen LogP) is 0.766. The van der Waals surface area contributed by atoms with Gasteiger partial charge in [-0.1, -0.05) is 0 Å². The highest BCUT2D eigenvalue weighted by molar-refractivity contribution is 5.71. The second kappa shape index (κ2) is 6.27. The first-order valence-electron chi connectivity index (χ1n) is 5.41. The van der Waals surface area contributed by atoms with Gasteiger partial charge in [-0.05, 0) is 19.9 Å². The van der Waals surface area contributed by atoms with Gasteiger partial charge < -0.3 is 4.74 Å². The van der Waals surface area contributed by atoms with Crippen molar-refractivity contribution in [2.75, 3.05) is 20.2 Å². The van der Waals surface area contributed by atoms with Gasteiger partial charge >= 0.3 is 5.97 Å². The van der Waals surface area contributed by atoms with Gasteiger partial charge in [0.2, 0.25) is 0 Å². The molecular formula is C11H19N3O2. The van der Waals surface area contributed by atoms with E-state index < -0.39 is 0 Å². The number of hydrogen-bond acceptors (Lipinski definition) is 4. The molecule has 0 aliphatic heterocycles. The lowest BCUT2D eigenvalue weighted by Gasteiger charge is -2.24. The molecule has 1 aromatic rings. The lowest BCUT2D eigenvalue weighted by Crippen LogP contribution is -2.38. The molecule has 1 aromatic heterocycles. The molecule has 0 amide bonds. The molecule has 0 saturated heterocycles. The third-order valence-corrected chi connectivity index (χ3v) is 2.47. The van der Waals surface area contributed by atoms with Gasteiger partial charge in [0.25, 0.3) is 0 Å². The average Bonchev–Trinajstić information content (AvgIpc) is 2.76. The first-order valence-corrected chi connectivity index (χ1v) is 5.41. The van der Waals surface area contributed by atoms with Crippen LogP contribution in [0.1, 0.15) is 13.8 Å². The summed E-state index contributed by atoms with van der Waals surface area (Å²) in [5.74, 6) is -0.200. The first kappa shape index (κ1) is 12.7. The van der Waals surface area contributed by atoms with Crippen LogP contribution in [0, 0.1) is 0 Å². The van der Waals surface area contributed by atoms with Crippen molar-refractivity contribution in [3.63, 3.8) is 0 Å². The molecule has 0 fully saturated rings. The van der Waals surface area contributed by atoms with Gasteiger partial charge in [0.15, 0.2) is 0 Å². The van der Waals surface area contributed by atoms with E-state index in [4.69, 9.17) is 0 Å². The fraction of sp³-hybridized carbons (Fsp3) is 0.636. The molecule has 0 unspecified atom stereocenters. The molecule has 0 N–H and O–H groups in total. The highest BCUT2D eigenvalue weighted by Gasteiger charge is 2.13. The normalized spacial score (nSPS) is 11.1. The van der Waals surface area contributed by atoms with Crippen LogP contribution in [0.3, 0.4) is 0 Å². The highest BCUT2D eigenvalue weighted by atomic mass is 16.5. The molecule has 0 aliphatic carbocycles. The Balaban J connectivity index is 2.42. The second-order valence-electron chi connectivity index (χ2n) is 3.91. The Kier molecular flexibility index (Phi) is 4.98. The van der Waals surface area contributed by atoms with Gasteiger partial charge in [-0.2, -0.15) is 5.10 Å². The van der Waals surface area contributed by atoms with Crippen molar-refractivity contribution in [1.29, 1.82) is 0 Å². The summed E-state index contributed by atoms with van der Waals surface area (Å²) in [5.41, 5.74) is 0. The summed E-state index contributed by atoms with van der Waals surface area (Å²) in [7, 11) is 1.41. The lowest BCUT2D eigenvalue weighted by atomic mass is 10.3. The molecule has 0 spiro atoms. The Labute approximate surface area is 96.0 Å². The third-order valence-electron chi connectivity index (χ3n) is 2.47. The number of nitrogens with zero attached hydrogens (tertiary/aromatic N) is 3. The quantitative estimate of drug-likeness (QED) is 0.671. The number of carbonyl (C=O) groups is 1. The molecule has 1 heterocycles. The monoisotopic (exact) mass is 225 g/mol. The molecule has 5 heteroatoms. The number of rotatable bonds is 6. The smallest absolute Gasteiger partial charge is 0.319 e. The van der Waals surface area contributed by atoms with E-state index in [2.05, 4.69) is 28.6 Å². The zero-order valence-corrected chi connectivity index (χ0v) is 10.1. The van der Waals surface area contributed by atoms with Crippen LogP contribution in [0.25, 0.3) is 0 Å². The minimum atomic E-state index is -0.200. The van der Waals surface area contributed by atoms with Crippen molar-refractivity contribution in [3.8, 4) is 0 Å². The maximum atomic E-state index is 11.2. The second-order valence-corrected chi connectivity index (χ2v) is 3.91. The van der Waals surface area contributed by atoms with E-state index in [1.807, 2.05) is 16.9 Å². The van der Waals surface area contributed by atoms with Crippen LogP contribution < -0.4 is 0 Å². The highest BCUT2D eigenvalue weighted by Crippen LogP contribution is 1.99. The molecule has 5 nitrogen and oxygen atoms in total. The van der Waals surface area contributed by atoms with E-state index in [0.717, 1.165) is 13.1 Å². The average molecular weight is 225 g/mol. The van der Waals surface area contributed by atoms with E-state index in [-0.39, 0.29) is 5.97 Å². The standard InChI is InChI=1S/C11H19N3O2/c1-10(2)13(9-11(15)16-3)7-8-14-6-4-5-12-14/h4-6,10H,7-9H2,1-3H3. The van der Waals surface area contributed by atoms with Crippen LogP contribution >= 0.6 is 0 Å². The maximum absolute atomic E-state index is 11.2. The van der Waals surface area contributed by atoms with E-state index in [9.17, 15) is 4.79 Å². The summed E-state index contributed by atoms with van der Waals surface area (Å²) in [6.07, 6.45) is 3.66.